The Morgan fingerprint density at radius 1 is 1.24 bits per heavy atom. The van der Waals surface area contributed by atoms with Gasteiger partial charge in [-0.25, -0.2) is 4.79 Å². The van der Waals surface area contributed by atoms with Crippen molar-refractivity contribution in [3.8, 4) is 5.75 Å². The summed E-state index contributed by atoms with van der Waals surface area (Å²) >= 11 is 0. The first kappa shape index (κ1) is 21.2. The van der Waals surface area contributed by atoms with Gasteiger partial charge in [-0.1, -0.05) is 12.1 Å². The van der Waals surface area contributed by atoms with Crippen LogP contribution in [0.4, 0.5) is 13.2 Å². The standard InChI is InChI=1S/C14H22N2O2.C2HF3O2/c15-6-5-13-1-3-14(4-2-13)18-12-9-16-7-10-17-11-8-16;3-2(4,5)1(6)7/h1-4H,5-12,15H2;(H,6,7). The van der Waals surface area contributed by atoms with Crippen LogP contribution in [0.15, 0.2) is 24.3 Å². The summed E-state index contributed by atoms with van der Waals surface area (Å²) in [7, 11) is 0. The highest BCUT2D eigenvalue weighted by molar-refractivity contribution is 5.73. The van der Waals surface area contributed by atoms with Gasteiger partial charge in [0.25, 0.3) is 0 Å². The van der Waals surface area contributed by atoms with Gasteiger partial charge < -0.3 is 20.3 Å². The molecule has 0 aliphatic carbocycles. The lowest BCUT2D eigenvalue weighted by Crippen LogP contribution is -2.38. The Morgan fingerprint density at radius 2 is 1.80 bits per heavy atom. The maximum atomic E-state index is 10.6. The molecule has 3 N–H and O–H groups in total. The Morgan fingerprint density at radius 3 is 2.28 bits per heavy atom. The molecular weight excluding hydrogens is 341 g/mol. The SMILES string of the molecule is NCCc1ccc(OCCN2CCOCC2)cc1.O=C(O)C(F)(F)F. The van der Waals surface area contributed by atoms with Gasteiger partial charge in [0.1, 0.15) is 12.4 Å². The van der Waals surface area contributed by atoms with Crippen LogP contribution in [0.5, 0.6) is 5.75 Å². The predicted molar refractivity (Wildman–Crippen MR) is 85.6 cm³/mol. The van der Waals surface area contributed by atoms with E-state index in [1.54, 1.807) is 0 Å². The molecule has 0 atom stereocenters. The van der Waals surface area contributed by atoms with E-state index in [1.807, 2.05) is 12.1 Å². The third kappa shape index (κ3) is 9.28. The maximum absolute atomic E-state index is 10.6. The topological polar surface area (TPSA) is 85.0 Å². The summed E-state index contributed by atoms with van der Waals surface area (Å²) in [5.74, 6) is -1.82. The minimum Gasteiger partial charge on any atom is -0.492 e. The molecule has 1 aliphatic rings. The molecule has 1 fully saturated rings. The second kappa shape index (κ2) is 10.9. The van der Waals surface area contributed by atoms with Crippen LogP contribution in [0.1, 0.15) is 5.56 Å². The fourth-order valence-corrected chi connectivity index (χ4v) is 2.04. The number of ether oxygens (including phenoxy) is 2. The monoisotopic (exact) mass is 364 g/mol. The molecule has 25 heavy (non-hydrogen) atoms. The van der Waals surface area contributed by atoms with Gasteiger partial charge in [-0.05, 0) is 30.7 Å². The van der Waals surface area contributed by atoms with Crippen LogP contribution in [0.3, 0.4) is 0 Å². The quantitative estimate of drug-likeness (QED) is 0.796. The number of morpholine rings is 1. The molecule has 0 bridgehead atoms. The van der Waals surface area contributed by atoms with Crippen LogP contribution in [0, 0.1) is 0 Å². The molecule has 1 saturated heterocycles. The number of alkyl halides is 3. The number of aliphatic carboxylic acids is 1. The molecule has 9 heteroatoms. The van der Waals surface area contributed by atoms with E-state index in [0.29, 0.717) is 6.54 Å². The van der Waals surface area contributed by atoms with Crippen molar-refractivity contribution in [1.29, 1.82) is 0 Å². The summed E-state index contributed by atoms with van der Waals surface area (Å²) in [4.78, 5) is 11.3. The van der Waals surface area contributed by atoms with E-state index < -0.39 is 12.1 Å². The van der Waals surface area contributed by atoms with Crippen LogP contribution in [0.25, 0.3) is 0 Å². The average Bonchev–Trinajstić information content (AvgIpc) is 2.57. The van der Waals surface area contributed by atoms with Crippen LogP contribution < -0.4 is 10.5 Å². The second-order valence-corrected chi connectivity index (χ2v) is 5.29. The molecule has 1 heterocycles. The lowest BCUT2D eigenvalue weighted by molar-refractivity contribution is -0.192. The highest BCUT2D eigenvalue weighted by Crippen LogP contribution is 2.13. The fourth-order valence-electron chi connectivity index (χ4n) is 2.04. The first-order valence-corrected chi connectivity index (χ1v) is 7.85. The molecule has 0 unspecified atom stereocenters. The van der Waals surface area contributed by atoms with E-state index in [-0.39, 0.29) is 0 Å². The fraction of sp³-hybridized carbons (Fsp3) is 0.562. The van der Waals surface area contributed by atoms with Crippen LogP contribution >= 0.6 is 0 Å². The molecule has 6 nitrogen and oxygen atoms in total. The van der Waals surface area contributed by atoms with Crippen molar-refractivity contribution in [2.24, 2.45) is 5.73 Å². The number of carbonyl (C=O) groups is 1. The van der Waals surface area contributed by atoms with Gasteiger partial charge in [0, 0.05) is 19.6 Å². The molecule has 2 rings (SSSR count). The molecule has 0 aromatic heterocycles. The molecular formula is C16H23F3N2O4. The third-order valence-electron chi connectivity index (χ3n) is 3.38. The average molecular weight is 364 g/mol. The van der Waals surface area contributed by atoms with Gasteiger partial charge in [-0.15, -0.1) is 0 Å². The minimum absolute atomic E-state index is 0.692. The van der Waals surface area contributed by atoms with Crippen molar-refractivity contribution in [1.82, 2.24) is 4.90 Å². The minimum atomic E-state index is -5.08. The predicted octanol–water partition coefficient (Wildman–Crippen LogP) is 1.53. The zero-order chi connectivity index (χ0) is 18.7. The number of rotatable bonds is 6. The molecule has 0 saturated carbocycles. The van der Waals surface area contributed by atoms with Crippen molar-refractivity contribution in [3.05, 3.63) is 29.8 Å². The number of hydrogen-bond donors (Lipinski definition) is 2. The van der Waals surface area contributed by atoms with Gasteiger partial charge in [0.2, 0.25) is 0 Å². The summed E-state index contributed by atoms with van der Waals surface area (Å²) in [5, 5.41) is 7.12. The van der Waals surface area contributed by atoms with Crippen molar-refractivity contribution in [2.75, 3.05) is 46.0 Å². The van der Waals surface area contributed by atoms with E-state index in [4.69, 9.17) is 25.1 Å². The van der Waals surface area contributed by atoms with E-state index in [2.05, 4.69) is 17.0 Å². The maximum Gasteiger partial charge on any atom is 0.490 e. The van der Waals surface area contributed by atoms with Gasteiger partial charge in [0.15, 0.2) is 0 Å². The number of hydrogen-bond acceptors (Lipinski definition) is 5. The zero-order valence-corrected chi connectivity index (χ0v) is 13.8. The van der Waals surface area contributed by atoms with Crippen LogP contribution in [0.2, 0.25) is 0 Å². The van der Waals surface area contributed by atoms with E-state index in [0.717, 1.165) is 51.6 Å². The van der Waals surface area contributed by atoms with Crippen LogP contribution in [-0.4, -0.2) is 68.2 Å². The second-order valence-electron chi connectivity index (χ2n) is 5.29. The normalized spacial score (nSPS) is 15.2. The first-order chi connectivity index (χ1) is 11.8. The largest absolute Gasteiger partial charge is 0.492 e. The number of carboxylic acids is 1. The van der Waals surface area contributed by atoms with E-state index in [9.17, 15) is 13.2 Å². The summed E-state index contributed by atoms with van der Waals surface area (Å²) in [6.07, 6.45) is -4.16. The lowest BCUT2D eigenvalue weighted by Gasteiger charge is -2.26. The molecule has 0 radical (unpaired) electrons. The molecule has 0 spiro atoms. The summed E-state index contributed by atoms with van der Waals surface area (Å²) in [5.41, 5.74) is 6.78. The Balaban J connectivity index is 0.000000381. The number of carboxylic acid groups (broad SMARTS) is 1. The highest BCUT2D eigenvalue weighted by atomic mass is 19.4. The molecule has 142 valence electrons. The van der Waals surface area contributed by atoms with Crippen molar-refractivity contribution in [2.45, 2.75) is 12.6 Å². The smallest absolute Gasteiger partial charge is 0.490 e. The molecule has 0 amide bonds. The Bertz CT molecular complexity index is 503. The number of halogens is 3. The van der Waals surface area contributed by atoms with Gasteiger partial charge in [-0.3, -0.25) is 4.90 Å². The molecule has 1 aromatic rings. The van der Waals surface area contributed by atoms with Gasteiger partial charge >= 0.3 is 12.1 Å². The third-order valence-corrected chi connectivity index (χ3v) is 3.38. The number of benzene rings is 1. The summed E-state index contributed by atoms with van der Waals surface area (Å²) in [6, 6.07) is 8.20. The van der Waals surface area contributed by atoms with Crippen LogP contribution in [-0.2, 0) is 16.0 Å². The lowest BCUT2D eigenvalue weighted by atomic mass is 10.1. The number of nitrogens with zero attached hydrogens (tertiary/aromatic N) is 1. The van der Waals surface area contributed by atoms with Crippen molar-refractivity contribution in [3.63, 3.8) is 0 Å². The van der Waals surface area contributed by atoms with Gasteiger partial charge in [-0.2, -0.15) is 13.2 Å². The highest BCUT2D eigenvalue weighted by Gasteiger charge is 2.38. The van der Waals surface area contributed by atoms with E-state index >= 15 is 0 Å². The summed E-state index contributed by atoms with van der Waals surface area (Å²) in [6.45, 7) is 6.10. The van der Waals surface area contributed by atoms with E-state index in [1.165, 1.54) is 5.56 Å². The Kier molecular flexibility index (Phi) is 9.25. The molecule has 1 aromatic carbocycles. The van der Waals surface area contributed by atoms with Crippen molar-refractivity contribution >= 4 is 5.97 Å². The molecule has 1 aliphatic heterocycles. The Hall–Kier alpha value is -1.84. The Labute approximate surface area is 144 Å². The first-order valence-electron chi connectivity index (χ1n) is 7.85. The van der Waals surface area contributed by atoms with Crippen molar-refractivity contribution < 1.29 is 32.5 Å². The zero-order valence-electron chi connectivity index (χ0n) is 13.8. The number of nitrogens with two attached hydrogens (primary N) is 1. The van der Waals surface area contributed by atoms with Gasteiger partial charge in [0.05, 0.1) is 13.2 Å². The summed E-state index contributed by atoms with van der Waals surface area (Å²) < 4.78 is 42.8.